The van der Waals surface area contributed by atoms with Gasteiger partial charge in [0.2, 0.25) is 0 Å². The monoisotopic (exact) mass is 356 g/mol. The van der Waals surface area contributed by atoms with E-state index in [1.54, 1.807) is 0 Å². The molecule has 1 atom stereocenters. The van der Waals surface area contributed by atoms with Gasteiger partial charge >= 0.3 is 0 Å². The Bertz CT molecular complexity index is 766. The average molecular weight is 356 g/mol. The number of rotatable bonds is 4. The highest BCUT2D eigenvalue weighted by Crippen LogP contribution is 2.26. The van der Waals surface area contributed by atoms with Crippen LogP contribution in [-0.4, -0.2) is 47.0 Å². The van der Waals surface area contributed by atoms with Gasteiger partial charge in [0.25, 0.3) is 5.91 Å². The maximum Gasteiger partial charge on any atom is 0.253 e. The van der Waals surface area contributed by atoms with Crippen LogP contribution in [-0.2, 0) is 0 Å². The summed E-state index contributed by atoms with van der Waals surface area (Å²) in [4.78, 5) is 24.7. The molecule has 1 amide bonds. The van der Waals surface area contributed by atoms with Gasteiger partial charge in [0.15, 0.2) is 11.6 Å². The van der Waals surface area contributed by atoms with Crippen LogP contribution in [0.4, 0.5) is 10.2 Å². The highest BCUT2D eigenvalue weighted by molar-refractivity contribution is 5.94. The molecule has 1 unspecified atom stereocenters. The van der Waals surface area contributed by atoms with E-state index in [9.17, 15) is 9.18 Å². The largest absolute Gasteiger partial charge is 0.352 e. The van der Waals surface area contributed by atoms with Crippen molar-refractivity contribution in [3.8, 4) is 0 Å². The fraction of sp³-hybridized carbons (Fsp3) is 0.450. The standard InChI is InChI=1S/C20H25FN4O/c1-14(2)18-17(21)19(23-13-22-18)24(3)16-10-7-11-25(12-16)20(26)15-8-5-4-6-9-15/h4-6,8-9,13-14,16H,7,10-12H2,1-3H3. The lowest BCUT2D eigenvalue weighted by Gasteiger charge is -2.38. The van der Waals surface area contributed by atoms with Gasteiger partial charge in [0.05, 0.1) is 5.69 Å². The first-order chi connectivity index (χ1) is 12.5. The van der Waals surface area contributed by atoms with Crippen LogP contribution in [0.3, 0.4) is 0 Å². The summed E-state index contributed by atoms with van der Waals surface area (Å²) < 4.78 is 14.8. The number of carbonyl (C=O) groups excluding carboxylic acids is 1. The maximum atomic E-state index is 14.8. The van der Waals surface area contributed by atoms with Gasteiger partial charge in [-0.3, -0.25) is 4.79 Å². The van der Waals surface area contributed by atoms with Crippen molar-refractivity contribution in [1.82, 2.24) is 14.9 Å². The number of amides is 1. The number of piperidine rings is 1. The molecule has 138 valence electrons. The van der Waals surface area contributed by atoms with Crippen molar-refractivity contribution in [2.24, 2.45) is 0 Å². The Morgan fingerprint density at radius 3 is 2.69 bits per heavy atom. The van der Waals surface area contributed by atoms with Gasteiger partial charge in [-0.25, -0.2) is 14.4 Å². The van der Waals surface area contributed by atoms with Crippen LogP contribution < -0.4 is 4.90 Å². The van der Waals surface area contributed by atoms with Gasteiger partial charge in [0, 0.05) is 31.7 Å². The average Bonchev–Trinajstić information content (AvgIpc) is 2.67. The van der Waals surface area contributed by atoms with E-state index < -0.39 is 0 Å². The van der Waals surface area contributed by atoms with Gasteiger partial charge in [-0.1, -0.05) is 32.0 Å². The van der Waals surface area contributed by atoms with Crippen LogP contribution in [0.25, 0.3) is 0 Å². The fourth-order valence-corrected chi connectivity index (χ4v) is 3.41. The van der Waals surface area contributed by atoms with E-state index in [-0.39, 0.29) is 23.7 Å². The lowest BCUT2D eigenvalue weighted by molar-refractivity contribution is 0.0707. The van der Waals surface area contributed by atoms with E-state index >= 15 is 0 Å². The molecule has 5 nitrogen and oxygen atoms in total. The zero-order valence-electron chi connectivity index (χ0n) is 15.5. The van der Waals surface area contributed by atoms with Crippen LogP contribution in [0, 0.1) is 5.82 Å². The van der Waals surface area contributed by atoms with Crippen LogP contribution in [0.15, 0.2) is 36.7 Å². The molecule has 0 spiro atoms. The molecule has 1 fully saturated rings. The summed E-state index contributed by atoms with van der Waals surface area (Å²) in [6, 6.07) is 9.31. The van der Waals surface area contributed by atoms with Gasteiger partial charge in [-0.2, -0.15) is 0 Å². The van der Waals surface area contributed by atoms with Gasteiger partial charge in [-0.05, 0) is 30.9 Å². The number of hydrogen-bond donors (Lipinski definition) is 0. The second kappa shape index (κ2) is 7.81. The smallest absolute Gasteiger partial charge is 0.253 e. The third kappa shape index (κ3) is 3.69. The molecule has 2 heterocycles. The quantitative estimate of drug-likeness (QED) is 0.842. The summed E-state index contributed by atoms with van der Waals surface area (Å²) in [5.74, 6) is -0.0402. The molecule has 1 aliphatic heterocycles. The molecule has 3 rings (SSSR count). The van der Waals surface area contributed by atoms with Crippen molar-refractivity contribution < 1.29 is 9.18 Å². The predicted octanol–water partition coefficient (Wildman–Crippen LogP) is 3.48. The van der Waals surface area contributed by atoms with Crippen LogP contribution in [0.1, 0.15) is 48.7 Å². The van der Waals surface area contributed by atoms with Crippen LogP contribution >= 0.6 is 0 Å². The number of nitrogens with zero attached hydrogens (tertiary/aromatic N) is 4. The Hall–Kier alpha value is -2.50. The van der Waals surface area contributed by atoms with E-state index in [2.05, 4.69) is 9.97 Å². The molecular formula is C20H25FN4O. The number of likely N-dealkylation sites (N-methyl/N-ethyl adjacent to an activating group) is 1. The summed E-state index contributed by atoms with van der Waals surface area (Å²) in [5, 5.41) is 0. The Morgan fingerprint density at radius 1 is 1.27 bits per heavy atom. The Balaban J connectivity index is 1.77. The summed E-state index contributed by atoms with van der Waals surface area (Å²) in [6.07, 6.45) is 3.20. The van der Waals surface area contributed by atoms with Crippen molar-refractivity contribution in [3.05, 3.63) is 53.7 Å². The first-order valence-corrected chi connectivity index (χ1v) is 9.06. The molecule has 0 saturated carbocycles. The minimum absolute atomic E-state index is 0.00679. The van der Waals surface area contributed by atoms with Crippen molar-refractivity contribution in [2.75, 3.05) is 25.0 Å². The minimum atomic E-state index is -0.364. The molecule has 1 aromatic heterocycles. The number of likely N-dealkylation sites (tertiary alicyclic amines) is 1. The van der Waals surface area contributed by atoms with Crippen LogP contribution in [0.2, 0.25) is 0 Å². The number of benzene rings is 1. The molecule has 0 radical (unpaired) electrons. The summed E-state index contributed by atoms with van der Waals surface area (Å²) in [7, 11) is 1.84. The molecule has 1 aliphatic rings. The Labute approximate surface area is 153 Å². The number of aromatic nitrogens is 2. The molecule has 26 heavy (non-hydrogen) atoms. The Kier molecular flexibility index (Phi) is 5.49. The third-order valence-corrected chi connectivity index (χ3v) is 4.93. The zero-order chi connectivity index (χ0) is 18.7. The maximum absolute atomic E-state index is 14.8. The molecular weight excluding hydrogens is 331 g/mol. The van der Waals surface area contributed by atoms with Gasteiger partial charge < -0.3 is 9.80 Å². The topological polar surface area (TPSA) is 49.3 Å². The lowest BCUT2D eigenvalue weighted by atomic mass is 10.0. The highest BCUT2D eigenvalue weighted by Gasteiger charge is 2.29. The predicted molar refractivity (Wildman–Crippen MR) is 99.8 cm³/mol. The number of halogens is 1. The van der Waals surface area contributed by atoms with E-state index in [1.165, 1.54) is 6.33 Å². The first-order valence-electron chi connectivity index (χ1n) is 9.06. The van der Waals surface area contributed by atoms with Gasteiger partial charge in [0.1, 0.15) is 6.33 Å². The van der Waals surface area contributed by atoms with E-state index in [1.807, 2.05) is 61.0 Å². The highest BCUT2D eigenvalue weighted by atomic mass is 19.1. The third-order valence-electron chi connectivity index (χ3n) is 4.93. The summed E-state index contributed by atoms with van der Waals surface area (Å²) in [5.41, 5.74) is 1.11. The number of carbonyl (C=O) groups is 1. The molecule has 0 aliphatic carbocycles. The van der Waals surface area contributed by atoms with Crippen molar-refractivity contribution in [3.63, 3.8) is 0 Å². The molecule has 0 bridgehead atoms. The second-order valence-electron chi connectivity index (χ2n) is 7.08. The molecule has 2 aromatic rings. The number of anilines is 1. The van der Waals surface area contributed by atoms with Crippen molar-refractivity contribution in [2.45, 2.75) is 38.6 Å². The minimum Gasteiger partial charge on any atom is -0.352 e. The zero-order valence-corrected chi connectivity index (χ0v) is 15.5. The second-order valence-corrected chi connectivity index (χ2v) is 7.08. The summed E-state index contributed by atoms with van der Waals surface area (Å²) in [6.45, 7) is 5.11. The Morgan fingerprint density at radius 2 is 2.00 bits per heavy atom. The molecule has 6 heteroatoms. The van der Waals surface area contributed by atoms with Gasteiger partial charge in [-0.15, -0.1) is 0 Å². The summed E-state index contributed by atoms with van der Waals surface area (Å²) >= 11 is 0. The van der Waals surface area contributed by atoms with Crippen LogP contribution in [0.5, 0.6) is 0 Å². The molecule has 1 saturated heterocycles. The van der Waals surface area contributed by atoms with E-state index in [0.29, 0.717) is 23.6 Å². The molecule has 1 aromatic carbocycles. The van der Waals surface area contributed by atoms with Crippen molar-refractivity contribution >= 4 is 11.7 Å². The normalized spacial score (nSPS) is 17.4. The lowest BCUT2D eigenvalue weighted by Crippen LogP contribution is -2.49. The molecule has 0 N–H and O–H groups in total. The fourth-order valence-electron chi connectivity index (χ4n) is 3.41. The number of hydrogen-bond acceptors (Lipinski definition) is 4. The van der Waals surface area contributed by atoms with E-state index in [4.69, 9.17) is 0 Å². The van der Waals surface area contributed by atoms with E-state index in [0.717, 1.165) is 19.4 Å². The first kappa shape index (κ1) is 18.3. The van der Waals surface area contributed by atoms with Crippen molar-refractivity contribution in [1.29, 1.82) is 0 Å². The SMILES string of the molecule is CC(C)c1ncnc(N(C)C2CCCN(C(=O)c3ccccc3)C2)c1F.